The molecule has 2 nitrogen and oxygen atoms in total. The van der Waals surface area contributed by atoms with Crippen LogP contribution in [0.5, 0.6) is 0 Å². The minimum Gasteiger partial charge on any atom is -0.312 e. The second-order valence-electron chi connectivity index (χ2n) is 4.29. The van der Waals surface area contributed by atoms with Crippen molar-refractivity contribution in [3.8, 4) is 0 Å². The van der Waals surface area contributed by atoms with E-state index in [4.69, 9.17) is 11.6 Å². The molecule has 0 saturated carbocycles. The second-order valence-corrected chi connectivity index (χ2v) is 5.28. The van der Waals surface area contributed by atoms with Crippen LogP contribution in [0, 0.1) is 6.92 Å². The molecule has 0 aliphatic rings. The van der Waals surface area contributed by atoms with Crippen LogP contribution in [-0.4, -0.2) is 0 Å². The summed E-state index contributed by atoms with van der Waals surface area (Å²) >= 11 is 7.62. The van der Waals surface area contributed by atoms with Crippen LogP contribution >= 0.6 is 23.7 Å². The maximum Gasteiger partial charge on any atom is 0.0675 e. The van der Waals surface area contributed by atoms with E-state index in [1.165, 1.54) is 17.7 Å². The molecule has 100 valence electrons. The van der Waals surface area contributed by atoms with Gasteiger partial charge in [0, 0.05) is 5.69 Å². The normalized spacial score (nSPS) is 10.3. The molecule has 0 radical (unpaired) electrons. The van der Waals surface area contributed by atoms with Crippen molar-refractivity contribution in [1.29, 1.82) is 0 Å². The van der Waals surface area contributed by atoms with E-state index >= 15 is 0 Å². The second kappa shape index (κ2) is 6.73. The molecule has 2 N–H and O–H groups in total. The minimum atomic E-state index is 0.762. The Labute approximate surface area is 123 Å². The fourth-order valence-electron chi connectivity index (χ4n) is 1.67. The topological polar surface area (TPSA) is 24.1 Å². The van der Waals surface area contributed by atoms with Crippen LogP contribution in [0.3, 0.4) is 0 Å². The lowest BCUT2D eigenvalue weighted by atomic mass is 10.2. The van der Waals surface area contributed by atoms with E-state index in [2.05, 4.69) is 40.6 Å². The lowest BCUT2D eigenvalue weighted by Crippen LogP contribution is -1.95. The first-order chi connectivity index (χ1) is 9.20. The molecule has 0 aliphatic heterocycles. The predicted octanol–water partition coefficient (Wildman–Crippen LogP) is 5.30. The molecule has 19 heavy (non-hydrogen) atoms. The molecule has 2 aromatic rings. The largest absolute Gasteiger partial charge is 0.312 e. The summed E-state index contributed by atoms with van der Waals surface area (Å²) in [5.74, 6) is 0. The summed E-state index contributed by atoms with van der Waals surface area (Å²) in [5, 5.41) is 0.762. The maximum absolute atomic E-state index is 6.21. The maximum atomic E-state index is 6.21. The van der Waals surface area contributed by atoms with Gasteiger partial charge in [0.05, 0.1) is 22.8 Å². The molecule has 2 rings (SSSR count). The molecule has 0 atom stereocenters. The van der Waals surface area contributed by atoms with Crippen molar-refractivity contribution in [3.63, 3.8) is 0 Å². The number of halogens is 1. The number of hydrogen-bond donors (Lipinski definition) is 2. The molecule has 0 amide bonds. The third-order valence-corrected chi connectivity index (χ3v) is 4.05. The molecule has 0 bridgehead atoms. The third kappa shape index (κ3) is 3.82. The van der Waals surface area contributed by atoms with Crippen molar-refractivity contribution in [2.45, 2.75) is 20.3 Å². The average Bonchev–Trinajstić information content (AvgIpc) is 2.44. The molecular weight excluding hydrogens is 276 g/mol. The van der Waals surface area contributed by atoms with E-state index in [0.29, 0.717) is 0 Å². The smallest absolute Gasteiger partial charge is 0.0675 e. The summed E-state index contributed by atoms with van der Waals surface area (Å²) in [5.41, 5.74) is 4.40. The zero-order valence-corrected chi connectivity index (χ0v) is 12.6. The van der Waals surface area contributed by atoms with Crippen molar-refractivity contribution in [1.82, 2.24) is 0 Å². The quantitative estimate of drug-likeness (QED) is 0.731. The Balaban J connectivity index is 1.90. The first-order valence-corrected chi connectivity index (χ1v) is 7.42. The highest BCUT2D eigenvalue weighted by molar-refractivity contribution is 8.01. The Morgan fingerprint density at radius 1 is 1.05 bits per heavy atom. The average molecular weight is 293 g/mol. The van der Waals surface area contributed by atoms with Gasteiger partial charge in [-0.15, -0.1) is 0 Å². The van der Waals surface area contributed by atoms with Crippen LogP contribution in [0.2, 0.25) is 5.02 Å². The van der Waals surface area contributed by atoms with Crippen LogP contribution in [-0.2, 0) is 6.42 Å². The summed E-state index contributed by atoms with van der Waals surface area (Å²) in [6.07, 6.45) is 1.06. The predicted molar refractivity (Wildman–Crippen MR) is 86.8 cm³/mol. The fraction of sp³-hybridized carbons (Fsp3) is 0.200. The monoisotopic (exact) mass is 292 g/mol. The zero-order chi connectivity index (χ0) is 13.7. The molecule has 0 spiro atoms. The Bertz CT molecular complexity index is 540. The van der Waals surface area contributed by atoms with E-state index < -0.39 is 0 Å². The number of aryl methyl sites for hydroxylation is 2. The van der Waals surface area contributed by atoms with E-state index in [1.807, 2.05) is 25.1 Å². The van der Waals surface area contributed by atoms with Gasteiger partial charge in [-0.1, -0.05) is 42.8 Å². The van der Waals surface area contributed by atoms with E-state index in [0.717, 1.165) is 28.4 Å². The summed E-state index contributed by atoms with van der Waals surface area (Å²) in [6, 6.07) is 14.3. The van der Waals surface area contributed by atoms with Gasteiger partial charge < -0.3 is 9.44 Å². The fourth-order valence-corrected chi connectivity index (χ4v) is 2.49. The van der Waals surface area contributed by atoms with Gasteiger partial charge in [-0.05, 0) is 42.7 Å². The highest BCUT2D eigenvalue weighted by atomic mass is 35.5. The number of anilines is 2. The molecule has 0 aliphatic carbocycles. The number of rotatable bonds is 5. The molecule has 2 aromatic carbocycles. The summed E-state index contributed by atoms with van der Waals surface area (Å²) in [6.45, 7) is 4.15. The molecule has 0 aromatic heterocycles. The van der Waals surface area contributed by atoms with Gasteiger partial charge in [0.15, 0.2) is 0 Å². The number of hydrogen-bond acceptors (Lipinski definition) is 3. The van der Waals surface area contributed by atoms with Crippen molar-refractivity contribution in [2.24, 2.45) is 0 Å². The molecular formula is C15H17ClN2S. The van der Waals surface area contributed by atoms with Crippen LogP contribution < -0.4 is 9.44 Å². The summed E-state index contributed by atoms with van der Waals surface area (Å²) in [4.78, 5) is 0. The van der Waals surface area contributed by atoms with Crippen LogP contribution in [0.25, 0.3) is 0 Å². The van der Waals surface area contributed by atoms with Gasteiger partial charge in [-0.25, -0.2) is 0 Å². The summed E-state index contributed by atoms with van der Waals surface area (Å²) in [7, 11) is 0. The standard InChI is InChI=1S/C15H17ClN2S/c1-3-12-7-9-13(10-8-12)17-19-18-14-6-4-5-11(2)15(14)16/h4-10,17-18H,3H2,1-2H3. The van der Waals surface area contributed by atoms with Crippen LogP contribution in [0.4, 0.5) is 11.4 Å². The van der Waals surface area contributed by atoms with Crippen molar-refractivity contribution >= 4 is 35.1 Å². The van der Waals surface area contributed by atoms with E-state index in [9.17, 15) is 0 Å². The van der Waals surface area contributed by atoms with Crippen molar-refractivity contribution in [2.75, 3.05) is 9.44 Å². The van der Waals surface area contributed by atoms with E-state index in [-0.39, 0.29) is 0 Å². The Morgan fingerprint density at radius 2 is 1.79 bits per heavy atom. The van der Waals surface area contributed by atoms with Gasteiger partial charge in [-0.3, -0.25) is 0 Å². The first kappa shape index (κ1) is 14.1. The van der Waals surface area contributed by atoms with Gasteiger partial charge in [0.25, 0.3) is 0 Å². The van der Waals surface area contributed by atoms with Crippen LogP contribution in [0.1, 0.15) is 18.1 Å². The zero-order valence-electron chi connectivity index (χ0n) is 11.0. The Morgan fingerprint density at radius 3 is 2.47 bits per heavy atom. The van der Waals surface area contributed by atoms with Gasteiger partial charge in [-0.2, -0.15) is 0 Å². The van der Waals surface area contributed by atoms with Crippen molar-refractivity contribution < 1.29 is 0 Å². The molecule has 0 saturated heterocycles. The molecule has 0 heterocycles. The highest BCUT2D eigenvalue weighted by Crippen LogP contribution is 2.27. The van der Waals surface area contributed by atoms with Gasteiger partial charge in [0.2, 0.25) is 0 Å². The molecule has 0 fully saturated rings. The van der Waals surface area contributed by atoms with Crippen LogP contribution in [0.15, 0.2) is 42.5 Å². The van der Waals surface area contributed by atoms with E-state index in [1.54, 1.807) is 0 Å². The molecule has 4 heteroatoms. The number of nitrogens with one attached hydrogen (secondary N) is 2. The highest BCUT2D eigenvalue weighted by Gasteiger charge is 2.02. The minimum absolute atomic E-state index is 0.762. The lowest BCUT2D eigenvalue weighted by Gasteiger charge is -2.10. The first-order valence-electron chi connectivity index (χ1n) is 6.22. The third-order valence-electron chi connectivity index (χ3n) is 2.88. The molecule has 0 unspecified atom stereocenters. The lowest BCUT2D eigenvalue weighted by molar-refractivity contribution is 1.14. The number of benzene rings is 2. The summed E-state index contributed by atoms with van der Waals surface area (Å²) < 4.78 is 6.44. The Kier molecular flexibility index (Phi) is 5.00. The SMILES string of the molecule is CCc1ccc(NSNc2cccc(C)c2Cl)cc1. The van der Waals surface area contributed by atoms with Gasteiger partial charge >= 0.3 is 0 Å². The Hall–Kier alpha value is -1.32. The van der Waals surface area contributed by atoms with Gasteiger partial charge in [0.1, 0.15) is 0 Å². The van der Waals surface area contributed by atoms with Crippen molar-refractivity contribution in [3.05, 3.63) is 58.6 Å².